The number of rotatable bonds is 5. The van der Waals surface area contributed by atoms with Crippen molar-refractivity contribution in [1.82, 2.24) is 15.2 Å². The Morgan fingerprint density at radius 2 is 1.90 bits per heavy atom. The molecule has 3 heterocycles. The minimum absolute atomic E-state index is 0.0895. The van der Waals surface area contributed by atoms with Crippen LogP contribution in [0.15, 0.2) is 42.5 Å². The number of hydrogen-bond donors (Lipinski definition) is 1. The van der Waals surface area contributed by atoms with E-state index in [-0.39, 0.29) is 5.91 Å². The van der Waals surface area contributed by atoms with Gasteiger partial charge in [-0.05, 0) is 68.0 Å². The molecule has 30 heavy (non-hydrogen) atoms. The van der Waals surface area contributed by atoms with Gasteiger partial charge >= 0.3 is 0 Å². The number of nitrogens with zero attached hydrogens (tertiary/aromatic N) is 2. The Kier molecular flexibility index (Phi) is 5.21. The fourth-order valence-corrected chi connectivity index (χ4v) is 5.90. The van der Waals surface area contributed by atoms with Crippen molar-refractivity contribution in [2.45, 2.75) is 64.2 Å². The lowest BCUT2D eigenvalue weighted by Gasteiger charge is -2.39. The Morgan fingerprint density at radius 1 is 1.17 bits per heavy atom. The van der Waals surface area contributed by atoms with Gasteiger partial charge in [-0.2, -0.15) is 0 Å². The molecule has 2 fully saturated rings. The second-order valence-corrected chi connectivity index (χ2v) is 9.62. The Bertz CT molecular complexity index is 1050. The molecule has 3 aromatic rings. The summed E-state index contributed by atoms with van der Waals surface area (Å²) in [5.41, 5.74) is 3.52. The first-order valence-corrected chi connectivity index (χ1v) is 11.5. The summed E-state index contributed by atoms with van der Waals surface area (Å²) >= 11 is 1.58. The van der Waals surface area contributed by atoms with Gasteiger partial charge in [0.25, 0.3) is 5.19 Å². The van der Waals surface area contributed by atoms with Crippen molar-refractivity contribution >= 4 is 27.5 Å². The molecular formula is C24H27N3O2S. The summed E-state index contributed by atoms with van der Waals surface area (Å²) in [6, 6.07) is 16.1. The second kappa shape index (κ2) is 8.00. The van der Waals surface area contributed by atoms with E-state index in [0.717, 1.165) is 35.4 Å². The maximum Gasteiger partial charge on any atom is 0.279 e. The van der Waals surface area contributed by atoms with Crippen LogP contribution in [0.25, 0.3) is 10.2 Å². The third kappa shape index (κ3) is 4.07. The summed E-state index contributed by atoms with van der Waals surface area (Å²) in [4.78, 5) is 18.6. The molecule has 2 aliphatic rings. The molecule has 1 N–H and O–H groups in total. The highest BCUT2D eigenvalue weighted by atomic mass is 32.1. The van der Waals surface area contributed by atoms with Crippen LogP contribution >= 0.6 is 11.3 Å². The van der Waals surface area contributed by atoms with Gasteiger partial charge in [0, 0.05) is 31.6 Å². The molecular weight excluding hydrogens is 394 g/mol. The largest absolute Gasteiger partial charge is 0.431 e. The van der Waals surface area contributed by atoms with E-state index in [9.17, 15) is 4.79 Å². The fourth-order valence-electron chi connectivity index (χ4n) is 4.97. The smallest absolute Gasteiger partial charge is 0.279 e. The molecule has 2 unspecified atom stereocenters. The van der Waals surface area contributed by atoms with Crippen LogP contribution in [0.3, 0.4) is 0 Å². The zero-order chi connectivity index (χ0) is 20.7. The van der Waals surface area contributed by atoms with E-state index in [1.165, 1.54) is 24.0 Å². The van der Waals surface area contributed by atoms with E-state index in [1.54, 1.807) is 18.3 Å². The number of carbonyl (C=O) groups is 1. The van der Waals surface area contributed by atoms with Crippen LogP contribution in [0, 0.1) is 6.92 Å². The van der Waals surface area contributed by atoms with Gasteiger partial charge in [0.2, 0.25) is 5.91 Å². The Morgan fingerprint density at radius 3 is 2.60 bits per heavy atom. The number of aromatic nitrogens is 1. The summed E-state index contributed by atoms with van der Waals surface area (Å²) in [5, 5.41) is 3.80. The molecule has 2 bridgehead atoms. The van der Waals surface area contributed by atoms with Crippen molar-refractivity contribution in [3.05, 3.63) is 53.6 Å². The van der Waals surface area contributed by atoms with Crippen molar-refractivity contribution in [2.24, 2.45) is 0 Å². The number of carbonyl (C=O) groups excluding carboxylic acids is 1. The summed E-state index contributed by atoms with van der Waals surface area (Å²) < 4.78 is 7.16. The van der Waals surface area contributed by atoms with E-state index in [4.69, 9.17) is 4.74 Å². The predicted molar refractivity (Wildman–Crippen MR) is 120 cm³/mol. The van der Waals surface area contributed by atoms with Crippen LogP contribution in [0.1, 0.15) is 43.7 Å². The van der Waals surface area contributed by atoms with Crippen molar-refractivity contribution in [3.63, 3.8) is 0 Å². The predicted octanol–water partition coefficient (Wildman–Crippen LogP) is 5.03. The van der Waals surface area contributed by atoms with Crippen molar-refractivity contribution < 1.29 is 9.53 Å². The maximum atomic E-state index is 11.4. The van der Waals surface area contributed by atoms with E-state index >= 15 is 0 Å². The molecule has 5 nitrogen and oxygen atoms in total. The van der Waals surface area contributed by atoms with Crippen LogP contribution < -0.4 is 10.1 Å². The average Bonchev–Trinajstić information content (AvgIpc) is 3.19. The van der Waals surface area contributed by atoms with E-state index in [1.807, 2.05) is 18.2 Å². The number of fused-ring (bicyclic) bond motifs is 3. The minimum Gasteiger partial charge on any atom is -0.431 e. The van der Waals surface area contributed by atoms with E-state index in [0.29, 0.717) is 23.3 Å². The highest BCUT2D eigenvalue weighted by Gasteiger charge is 2.40. The average molecular weight is 422 g/mol. The van der Waals surface area contributed by atoms with Gasteiger partial charge in [0.15, 0.2) is 0 Å². The lowest BCUT2D eigenvalue weighted by atomic mass is 9.96. The summed E-state index contributed by atoms with van der Waals surface area (Å²) in [5.74, 6) is 0.911. The first kappa shape index (κ1) is 19.5. The van der Waals surface area contributed by atoms with Gasteiger partial charge in [0.05, 0.1) is 10.2 Å². The Hall–Kier alpha value is -2.44. The Labute approximate surface area is 181 Å². The first-order chi connectivity index (χ1) is 14.5. The number of ether oxygens (including phenoxy) is 1. The van der Waals surface area contributed by atoms with Gasteiger partial charge in [-0.15, -0.1) is 0 Å². The van der Waals surface area contributed by atoms with Gasteiger partial charge in [-0.25, -0.2) is 4.98 Å². The van der Waals surface area contributed by atoms with Gasteiger partial charge in [0.1, 0.15) is 5.75 Å². The van der Waals surface area contributed by atoms with Crippen LogP contribution in [-0.4, -0.2) is 33.9 Å². The van der Waals surface area contributed by atoms with Crippen LogP contribution in [-0.2, 0) is 11.3 Å². The number of thiazole rings is 1. The van der Waals surface area contributed by atoms with Gasteiger partial charge in [-0.3, -0.25) is 9.69 Å². The summed E-state index contributed by atoms with van der Waals surface area (Å²) in [6.07, 6.45) is 4.60. The third-order valence-corrected chi connectivity index (χ3v) is 7.21. The monoisotopic (exact) mass is 421 g/mol. The third-order valence-electron chi connectivity index (χ3n) is 6.31. The van der Waals surface area contributed by atoms with Gasteiger partial charge < -0.3 is 10.1 Å². The molecule has 0 aliphatic carbocycles. The lowest BCUT2D eigenvalue weighted by Crippen LogP contribution is -2.49. The highest BCUT2D eigenvalue weighted by molar-refractivity contribution is 7.20. The number of benzene rings is 2. The second-order valence-electron chi connectivity index (χ2n) is 8.62. The molecule has 2 aliphatic heterocycles. The maximum absolute atomic E-state index is 11.4. The Balaban J connectivity index is 1.23. The normalized spacial score (nSPS) is 23.6. The molecule has 2 saturated heterocycles. The standard InChI is InChI=1S/C24H27N3O2S/c1-15-3-10-22-23(11-15)30-24(26-22)29-21-8-4-17(5-9-21)14-27-19-6-7-20(27)13-18(12-19)25-16(2)28/h3-5,8-11,18-20H,6-7,12-14H2,1-2H3,(H,25,28). The van der Waals surface area contributed by atoms with Crippen molar-refractivity contribution in [1.29, 1.82) is 0 Å². The highest BCUT2D eigenvalue weighted by Crippen LogP contribution is 2.37. The quantitative estimate of drug-likeness (QED) is 0.628. The van der Waals surface area contributed by atoms with Crippen LogP contribution in [0.2, 0.25) is 0 Å². The number of amides is 1. The summed E-state index contributed by atoms with van der Waals surface area (Å²) in [6.45, 7) is 4.67. The molecule has 5 rings (SSSR count). The number of nitrogens with one attached hydrogen (secondary N) is 1. The minimum atomic E-state index is 0.0895. The topological polar surface area (TPSA) is 54.5 Å². The number of hydrogen-bond acceptors (Lipinski definition) is 5. The van der Waals surface area contributed by atoms with Crippen LogP contribution in [0.5, 0.6) is 10.9 Å². The molecule has 0 radical (unpaired) electrons. The van der Waals surface area contributed by atoms with E-state index in [2.05, 4.69) is 46.4 Å². The first-order valence-electron chi connectivity index (χ1n) is 10.7. The zero-order valence-electron chi connectivity index (χ0n) is 17.4. The lowest BCUT2D eigenvalue weighted by molar-refractivity contribution is -0.120. The van der Waals surface area contributed by atoms with Gasteiger partial charge in [-0.1, -0.05) is 29.5 Å². The number of piperidine rings is 1. The molecule has 1 aromatic heterocycles. The fraction of sp³-hybridized carbons (Fsp3) is 0.417. The SMILES string of the molecule is CC(=O)NC1CC2CCC(C1)N2Cc1ccc(Oc2nc3ccc(C)cc3s2)cc1. The molecule has 156 valence electrons. The van der Waals surface area contributed by atoms with E-state index < -0.39 is 0 Å². The van der Waals surface area contributed by atoms with Crippen molar-refractivity contribution in [2.75, 3.05) is 0 Å². The molecule has 2 atom stereocenters. The number of aryl methyl sites for hydroxylation is 1. The molecule has 2 aromatic carbocycles. The van der Waals surface area contributed by atoms with Crippen molar-refractivity contribution in [3.8, 4) is 10.9 Å². The molecule has 0 spiro atoms. The molecule has 1 amide bonds. The van der Waals surface area contributed by atoms with Crippen LogP contribution in [0.4, 0.5) is 0 Å². The molecule has 0 saturated carbocycles. The zero-order valence-corrected chi connectivity index (χ0v) is 18.2. The molecule has 6 heteroatoms. The summed E-state index contributed by atoms with van der Waals surface area (Å²) in [7, 11) is 0.